The van der Waals surface area contributed by atoms with Gasteiger partial charge in [-0.2, -0.15) is 0 Å². The number of aliphatic hydroxyl groups is 1. The Balaban J connectivity index is 1.52. The summed E-state index contributed by atoms with van der Waals surface area (Å²) in [6.07, 6.45) is 4.27. The number of hydrogen-bond acceptors (Lipinski definition) is 3. The molecule has 1 unspecified atom stereocenters. The number of likely N-dealkylation sites (tertiary alicyclic amines) is 1. The Morgan fingerprint density at radius 1 is 1.26 bits per heavy atom. The van der Waals surface area contributed by atoms with E-state index in [-0.39, 0.29) is 12.2 Å². The smallest absolute Gasteiger partial charge is 0.0900 e. The predicted octanol–water partition coefficient (Wildman–Crippen LogP) is 3.13. The van der Waals surface area contributed by atoms with Crippen LogP contribution in [0, 0.1) is 0 Å². The summed E-state index contributed by atoms with van der Waals surface area (Å²) in [6.45, 7) is 7.23. The second kappa shape index (κ2) is 7.47. The van der Waals surface area contributed by atoms with Crippen molar-refractivity contribution in [3.8, 4) is 0 Å². The standard InChI is InChI=1S/C19H28N2O2/c1-14(2)23-13-16(22)12-21-9-7-15(8-10-21)18-11-20-19-6-4-3-5-17(18)19/h3-6,11,14-16,20,22H,7-10,12-13H2,1-2H3. The average Bonchev–Trinajstić information content (AvgIpc) is 2.98. The largest absolute Gasteiger partial charge is 0.389 e. The molecule has 1 aromatic heterocycles. The number of fused-ring (bicyclic) bond motifs is 1. The lowest BCUT2D eigenvalue weighted by molar-refractivity contribution is -0.0111. The van der Waals surface area contributed by atoms with Crippen LogP contribution < -0.4 is 0 Å². The third-order valence-corrected chi connectivity index (χ3v) is 4.74. The van der Waals surface area contributed by atoms with Gasteiger partial charge in [-0.1, -0.05) is 18.2 Å². The number of rotatable bonds is 6. The van der Waals surface area contributed by atoms with Crippen molar-refractivity contribution in [3.05, 3.63) is 36.0 Å². The molecule has 1 fully saturated rings. The topological polar surface area (TPSA) is 48.5 Å². The number of piperidine rings is 1. The van der Waals surface area contributed by atoms with Crippen molar-refractivity contribution >= 4 is 10.9 Å². The van der Waals surface area contributed by atoms with Crippen molar-refractivity contribution in [3.63, 3.8) is 0 Å². The molecule has 1 saturated heterocycles. The molecule has 0 saturated carbocycles. The van der Waals surface area contributed by atoms with Crippen LogP contribution in [0.4, 0.5) is 0 Å². The minimum atomic E-state index is -0.387. The van der Waals surface area contributed by atoms with Crippen LogP contribution in [0.1, 0.15) is 38.2 Å². The lowest BCUT2D eigenvalue weighted by Crippen LogP contribution is -2.40. The van der Waals surface area contributed by atoms with Gasteiger partial charge in [0, 0.05) is 23.6 Å². The van der Waals surface area contributed by atoms with Gasteiger partial charge in [-0.15, -0.1) is 0 Å². The van der Waals surface area contributed by atoms with E-state index in [9.17, 15) is 5.11 Å². The molecule has 3 rings (SSSR count). The van der Waals surface area contributed by atoms with E-state index in [0.29, 0.717) is 19.1 Å². The molecule has 1 aliphatic rings. The molecular weight excluding hydrogens is 288 g/mol. The summed E-state index contributed by atoms with van der Waals surface area (Å²) in [5.74, 6) is 0.617. The van der Waals surface area contributed by atoms with Crippen LogP contribution in [0.5, 0.6) is 0 Å². The van der Waals surface area contributed by atoms with E-state index < -0.39 is 0 Å². The molecule has 1 atom stereocenters. The molecule has 0 spiro atoms. The van der Waals surface area contributed by atoms with Gasteiger partial charge in [0.15, 0.2) is 0 Å². The van der Waals surface area contributed by atoms with Gasteiger partial charge in [0.25, 0.3) is 0 Å². The maximum atomic E-state index is 10.1. The molecule has 126 valence electrons. The molecule has 4 heteroatoms. The number of benzene rings is 1. The van der Waals surface area contributed by atoms with Crippen molar-refractivity contribution in [2.24, 2.45) is 0 Å². The number of β-amino-alcohol motifs (C(OH)–C–C–N with tert-alkyl or cyclic N) is 1. The molecule has 2 aromatic rings. The molecule has 0 amide bonds. The molecule has 1 aliphatic heterocycles. The molecule has 2 heterocycles. The first kappa shape index (κ1) is 16.5. The van der Waals surface area contributed by atoms with E-state index in [4.69, 9.17) is 4.74 Å². The van der Waals surface area contributed by atoms with Crippen molar-refractivity contribution < 1.29 is 9.84 Å². The Morgan fingerprint density at radius 2 is 2.00 bits per heavy atom. The van der Waals surface area contributed by atoms with Crippen LogP contribution >= 0.6 is 0 Å². The molecule has 0 aliphatic carbocycles. The highest BCUT2D eigenvalue weighted by atomic mass is 16.5. The molecule has 1 aromatic carbocycles. The van der Waals surface area contributed by atoms with Crippen molar-refractivity contribution in [1.82, 2.24) is 9.88 Å². The van der Waals surface area contributed by atoms with E-state index in [0.717, 1.165) is 25.9 Å². The zero-order chi connectivity index (χ0) is 16.2. The summed E-state index contributed by atoms with van der Waals surface area (Å²) in [5.41, 5.74) is 2.68. The first-order chi connectivity index (χ1) is 11.1. The normalized spacial score (nSPS) is 18.8. The highest BCUT2D eigenvalue weighted by Crippen LogP contribution is 2.33. The van der Waals surface area contributed by atoms with E-state index in [2.05, 4.69) is 40.3 Å². The highest BCUT2D eigenvalue weighted by molar-refractivity contribution is 5.83. The van der Waals surface area contributed by atoms with E-state index in [1.165, 1.54) is 16.5 Å². The molecule has 2 N–H and O–H groups in total. The second-order valence-electron chi connectivity index (χ2n) is 6.90. The van der Waals surface area contributed by atoms with Crippen LogP contribution in [-0.2, 0) is 4.74 Å². The number of aromatic amines is 1. The fourth-order valence-electron chi connectivity index (χ4n) is 3.51. The Morgan fingerprint density at radius 3 is 2.74 bits per heavy atom. The fraction of sp³-hybridized carbons (Fsp3) is 0.579. The summed E-state index contributed by atoms with van der Waals surface area (Å²) >= 11 is 0. The van der Waals surface area contributed by atoms with E-state index >= 15 is 0 Å². The van der Waals surface area contributed by atoms with Crippen molar-refractivity contribution in [1.29, 1.82) is 0 Å². The summed E-state index contributed by atoms with van der Waals surface area (Å²) < 4.78 is 5.49. The number of aromatic nitrogens is 1. The van der Waals surface area contributed by atoms with Crippen LogP contribution in [0.25, 0.3) is 10.9 Å². The number of H-pyrrole nitrogens is 1. The van der Waals surface area contributed by atoms with Crippen LogP contribution in [0.3, 0.4) is 0 Å². The third kappa shape index (κ3) is 4.14. The van der Waals surface area contributed by atoms with Crippen molar-refractivity contribution in [2.75, 3.05) is 26.2 Å². The SMILES string of the molecule is CC(C)OCC(O)CN1CCC(c2c[nH]c3ccccc23)CC1. The Labute approximate surface area is 138 Å². The zero-order valence-electron chi connectivity index (χ0n) is 14.2. The Kier molecular flexibility index (Phi) is 5.36. The van der Waals surface area contributed by atoms with Gasteiger partial charge in [-0.05, 0) is 57.3 Å². The first-order valence-corrected chi connectivity index (χ1v) is 8.71. The van der Waals surface area contributed by atoms with Gasteiger partial charge in [0.1, 0.15) is 0 Å². The van der Waals surface area contributed by atoms with Gasteiger partial charge in [-0.25, -0.2) is 0 Å². The number of para-hydroxylation sites is 1. The second-order valence-corrected chi connectivity index (χ2v) is 6.90. The molecular formula is C19H28N2O2. The molecule has 4 nitrogen and oxygen atoms in total. The maximum Gasteiger partial charge on any atom is 0.0900 e. The Bertz CT molecular complexity index is 615. The maximum absolute atomic E-state index is 10.1. The highest BCUT2D eigenvalue weighted by Gasteiger charge is 2.24. The van der Waals surface area contributed by atoms with Crippen LogP contribution in [0.15, 0.2) is 30.5 Å². The minimum absolute atomic E-state index is 0.178. The van der Waals surface area contributed by atoms with Gasteiger partial charge < -0.3 is 19.7 Å². The van der Waals surface area contributed by atoms with Gasteiger partial charge in [-0.3, -0.25) is 0 Å². The van der Waals surface area contributed by atoms with Crippen molar-refractivity contribution in [2.45, 2.75) is 44.8 Å². The van der Waals surface area contributed by atoms with Crippen LogP contribution in [0.2, 0.25) is 0 Å². The zero-order valence-corrected chi connectivity index (χ0v) is 14.2. The minimum Gasteiger partial charge on any atom is -0.389 e. The number of hydrogen-bond donors (Lipinski definition) is 2. The summed E-state index contributed by atoms with van der Waals surface area (Å²) in [5, 5.41) is 11.4. The van der Waals surface area contributed by atoms with Gasteiger partial charge >= 0.3 is 0 Å². The van der Waals surface area contributed by atoms with Gasteiger partial charge in [0.2, 0.25) is 0 Å². The van der Waals surface area contributed by atoms with E-state index in [1.54, 1.807) is 0 Å². The predicted molar refractivity (Wildman–Crippen MR) is 93.8 cm³/mol. The average molecular weight is 316 g/mol. The lowest BCUT2D eigenvalue weighted by Gasteiger charge is -2.33. The van der Waals surface area contributed by atoms with Crippen LogP contribution in [-0.4, -0.2) is 53.4 Å². The van der Waals surface area contributed by atoms with Gasteiger partial charge in [0.05, 0.1) is 18.8 Å². The molecule has 23 heavy (non-hydrogen) atoms. The number of aliphatic hydroxyl groups excluding tert-OH is 1. The summed E-state index contributed by atoms with van der Waals surface area (Å²) in [4.78, 5) is 5.75. The first-order valence-electron chi connectivity index (χ1n) is 8.71. The quantitative estimate of drug-likeness (QED) is 0.861. The lowest BCUT2D eigenvalue weighted by atomic mass is 9.89. The Hall–Kier alpha value is -1.36. The summed E-state index contributed by atoms with van der Waals surface area (Å²) in [7, 11) is 0. The number of nitrogens with one attached hydrogen (secondary N) is 1. The monoisotopic (exact) mass is 316 g/mol. The summed E-state index contributed by atoms with van der Waals surface area (Å²) in [6, 6.07) is 8.53. The molecule has 0 bridgehead atoms. The fourth-order valence-corrected chi connectivity index (χ4v) is 3.51. The number of nitrogens with zero attached hydrogens (tertiary/aromatic N) is 1. The third-order valence-electron chi connectivity index (χ3n) is 4.74. The molecule has 0 radical (unpaired) electrons. The number of ether oxygens (including phenoxy) is 1. The van der Waals surface area contributed by atoms with E-state index in [1.807, 2.05) is 13.8 Å².